The Kier molecular flexibility index (Phi) is 4.45. The van der Waals surface area contributed by atoms with E-state index in [1.165, 1.54) is 0 Å². The van der Waals surface area contributed by atoms with Crippen molar-refractivity contribution < 1.29 is 14.6 Å². The third-order valence-electron chi connectivity index (χ3n) is 3.87. The van der Waals surface area contributed by atoms with Gasteiger partial charge in [0.1, 0.15) is 5.56 Å². The van der Waals surface area contributed by atoms with Crippen molar-refractivity contribution in [3.8, 4) is 0 Å². The first-order valence-electron chi connectivity index (χ1n) is 7.03. The van der Waals surface area contributed by atoms with Crippen molar-refractivity contribution in [3.63, 3.8) is 0 Å². The maximum absolute atomic E-state index is 11.2. The molecule has 1 aromatic heterocycles. The minimum Gasteiger partial charge on any atom is -0.478 e. The fourth-order valence-corrected chi connectivity index (χ4v) is 2.70. The number of aryl methyl sites for hydroxylation is 1. The Morgan fingerprint density at radius 2 is 2.20 bits per heavy atom. The molecular formula is C14H23N3O3. The summed E-state index contributed by atoms with van der Waals surface area (Å²) < 4.78 is 7.53. The van der Waals surface area contributed by atoms with Gasteiger partial charge < -0.3 is 9.84 Å². The summed E-state index contributed by atoms with van der Waals surface area (Å²) in [5, 5.41) is 13.5. The molecule has 2 rings (SSSR count). The lowest BCUT2D eigenvalue weighted by molar-refractivity contribution is -0.0472. The molecule has 2 heterocycles. The topological polar surface area (TPSA) is 67.6 Å². The first kappa shape index (κ1) is 15.0. The van der Waals surface area contributed by atoms with Crippen molar-refractivity contribution in [2.75, 3.05) is 19.7 Å². The third kappa shape index (κ3) is 3.02. The predicted molar refractivity (Wildman–Crippen MR) is 75.1 cm³/mol. The van der Waals surface area contributed by atoms with Crippen LogP contribution in [-0.4, -0.2) is 57.6 Å². The number of nitrogens with zero attached hydrogens (tertiary/aromatic N) is 3. The maximum Gasteiger partial charge on any atom is 0.339 e. The Hall–Kier alpha value is -1.40. The van der Waals surface area contributed by atoms with Crippen molar-refractivity contribution in [1.82, 2.24) is 14.7 Å². The summed E-state index contributed by atoms with van der Waals surface area (Å²) in [6.45, 7) is 11.0. The quantitative estimate of drug-likeness (QED) is 0.901. The first-order chi connectivity index (χ1) is 9.40. The van der Waals surface area contributed by atoms with Gasteiger partial charge in [-0.15, -0.1) is 0 Å². The van der Waals surface area contributed by atoms with Gasteiger partial charge in [-0.05, 0) is 27.7 Å². The lowest BCUT2D eigenvalue weighted by Gasteiger charge is -2.35. The fourth-order valence-electron chi connectivity index (χ4n) is 2.70. The van der Waals surface area contributed by atoms with Gasteiger partial charge in [-0.1, -0.05) is 0 Å². The van der Waals surface area contributed by atoms with E-state index < -0.39 is 5.97 Å². The van der Waals surface area contributed by atoms with Crippen LogP contribution in [0.15, 0.2) is 0 Å². The lowest BCUT2D eigenvalue weighted by atomic mass is 10.2. The van der Waals surface area contributed by atoms with Crippen molar-refractivity contribution in [3.05, 3.63) is 17.0 Å². The van der Waals surface area contributed by atoms with E-state index in [9.17, 15) is 9.90 Å². The van der Waals surface area contributed by atoms with Crippen LogP contribution in [-0.2, 0) is 11.3 Å². The van der Waals surface area contributed by atoms with Gasteiger partial charge in [0.25, 0.3) is 0 Å². The van der Waals surface area contributed by atoms with Crippen LogP contribution in [0.5, 0.6) is 0 Å². The van der Waals surface area contributed by atoms with Crippen LogP contribution < -0.4 is 0 Å². The molecule has 0 saturated carbocycles. The van der Waals surface area contributed by atoms with Gasteiger partial charge in [-0.2, -0.15) is 5.10 Å². The molecule has 6 heteroatoms. The summed E-state index contributed by atoms with van der Waals surface area (Å²) in [5.41, 5.74) is 1.56. The van der Waals surface area contributed by atoms with E-state index >= 15 is 0 Å². The maximum atomic E-state index is 11.2. The zero-order valence-corrected chi connectivity index (χ0v) is 12.6. The van der Waals surface area contributed by atoms with Crippen molar-refractivity contribution in [2.24, 2.45) is 0 Å². The van der Waals surface area contributed by atoms with Gasteiger partial charge in [0.15, 0.2) is 0 Å². The predicted octanol–water partition coefficient (Wildman–Crippen LogP) is 1.31. The molecule has 1 aromatic rings. The minimum atomic E-state index is -0.917. The molecule has 1 saturated heterocycles. The van der Waals surface area contributed by atoms with E-state index in [1.807, 2.05) is 0 Å². The molecule has 1 aliphatic rings. The van der Waals surface area contributed by atoms with E-state index in [0.717, 1.165) is 13.1 Å². The van der Waals surface area contributed by atoms with Gasteiger partial charge in [-0.25, -0.2) is 4.79 Å². The van der Waals surface area contributed by atoms with Gasteiger partial charge in [0.2, 0.25) is 0 Å². The molecule has 20 heavy (non-hydrogen) atoms. The van der Waals surface area contributed by atoms with Crippen LogP contribution in [0.4, 0.5) is 0 Å². The first-order valence-corrected chi connectivity index (χ1v) is 7.03. The fraction of sp³-hybridized carbons (Fsp3) is 0.714. The summed E-state index contributed by atoms with van der Waals surface area (Å²) in [5.74, 6) is -0.917. The molecule has 0 radical (unpaired) electrons. The molecule has 1 unspecified atom stereocenters. The van der Waals surface area contributed by atoms with Crippen molar-refractivity contribution in [2.45, 2.75) is 46.4 Å². The Bertz CT molecular complexity index is 496. The van der Waals surface area contributed by atoms with Gasteiger partial charge in [0.05, 0.1) is 30.6 Å². The second kappa shape index (κ2) is 5.93. The Labute approximate surface area is 119 Å². The van der Waals surface area contributed by atoms with Crippen LogP contribution in [0, 0.1) is 13.8 Å². The summed E-state index contributed by atoms with van der Waals surface area (Å²) in [7, 11) is 0. The Morgan fingerprint density at radius 3 is 2.75 bits per heavy atom. The number of carbonyl (C=O) groups is 1. The number of carboxylic acids is 1. The number of rotatable bonds is 4. The number of ether oxygens (including phenoxy) is 1. The third-order valence-corrected chi connectivity index (χ3v) is 3.87. The normalized spacial score (nSPS) is 20.6. The molecule has 0 aromatic carbocycles. The average Bonchev–Trinajstić information content (AvgIpc) is 2.64. The van der Waals surface area contributed by atoms with Crippen molar-refractivity contribution >= 4 is 5.97 Å². The number of morpholine rings is 1. The number of aromatic nitrogens is 2. The summed E-state index contributed by atoms with van der Waals surface area (Å²) in [6, 6.07) is 0.497. The highest BCUT2D eigenvalue weighted by atomic mass is 16.5. The zero-order chi connectivity index (χ0) is 14.9. The number of hydrogen-bond acceptors (Lipinski definition) is 4. The molecule has 1 fully saturated rings. The highest BCUT2D eigenvalue weighted by Gasteiger charge is 2.25. The van der Waals surface area contributed by atoms with Crippen LogP contribution >= 0.6 is 0 Å². The second-order valence-electron chi connectivity index (χ2n) is 5.61. The monoisotopic (exact) mass is 281 g/mol. The molecule has 112 valence electrons. The van der Waals surface area contributed by atoms with Crippen LogP contribution in [0.1, 0.15) is 35.6 Å². The van der Waals surface area contributed by atoms with E-state index in [4.69, 9.17) is 4.74 Å². The molecule has 6 nitrogen and oxygen atoms in total. The largest absolute Gasteiger partial charge is 0.478 e. The van der Waals surface area contributed by atoms with E-state index in [1.54, 1.807) is 18.5 Å². The van der Waals surface area contributed by atoms with E-state index in [-0.39, 0.29) is 6.10 Å². The van der Waals surface area contributed by atoms with Gasteiger partial charge in [-0.3, -0.25) is 9.58 Å². The summed E-state index contributed by atoms with van der Waals surface area (Å²) >= 11 is 0. The molecule has 0 bridgehead atoms. The van der Waals surface area contributed by atoms with Crippen LogP contribution in [0.3, 0.4) is 0 Å². The molecule has 0 amide bonds. The molecule has 1 atom stereocenters. The minimum absolute atomic E-state index is 0.0609. The smallest absolute Gasteiger partial charge is 0.339 e. The lowest BCUT2D eigenvalue weighted by Crippen LogP contribution is -2.47. The van der Waals surface area contributed by atoms with Crippen molar-refractivity contribution in [1.29, 1.82) is 0 Å². The van der Waals surface area contributed by atoms with Crippen LogP contribution in [0.25, 0.3) is 0 Å². The number of aromatic carboxylic acids is 1. The Balaban J connectivity index is 2.10. The number of carboxylic acid groups (broad SMARTS) is 1. The molecular weight excluding hydrogens is 258 g/mol. The Morgan fingerprint density at radius 1 is 1.50 bits per heavy atom. The second-order valence-corrected chi connectivity index (χ2v) is 5.61. The zero-order valence-electron chi connectivity index (χ0n) is 12.6. The molecule has 1 aliphatic heterocycles. The average molecular weight is 281 g/mol. The van der Waals surface area contributed by atoms with E-state index in [2.05, 4.69) is 23.8 Å². The summed E-state index contributed by atoms with van der Waals surface area (Å²) in [4.78, 5) is 13.6. The molecule has 1 N–H and O–H groups in total. The molecule has 0 spiro atoms. The van der Waals surface area contributed by atoms with Gasteiger partial charge >= 0.3 is 5.97 Å². The number of hydrogen-bond donors (Lipinski definition) is 1. The van der Waals surface area contributed by atoms with Crippen LogP contribution in [0.2, 0.25) is 0 Å². The summed E-state index contributed by atoms with van der Waals surface area (Å²) in [6.07, 6.45) is 0.0609. The highest BCUT2D eigenvalue weighted by molar-refractivity contribution is 5.90. The van der Waals surface area contributed by atoms with Gasteiger partial charge in [0, 0.05) is 19.1 Å². The highest BCUT2D eigenvalue weighted by Crippen LogP contribution is 2.16. The SMILES string of the molecule is Cc1nn(CC2CN(C(C)C)CCO2)c(C)c1C(=O)O. The van der Waals surface area contributed by atoms with E-state index in [0.29, 0.717) is 36.1 Å². The molecule has 0 aliphatic carbocycles. The standard InChI is InChI=1S/C14H23N3O3/c1-9(2)16-5-6-20-12(7-16)8-17-11(4)13(14(18)19)10(3)15-17/h9,12H,5-8H2,1-4H3,(H,18,19).